The van der Waals surface area contributed by atoms with Crippen LogP contribution in [-0.2, 0) is 4.79 Å². The molecule has 1 amide bonds. The minimum Gasteiger partial charge on any atom is -0.342 e. The maximum atomic E-state index is 12.6. The van der Waals surface area contributed by atoms with Gasteiger partial charge in [-0.05, 0) is 50.3 Å². The molecule has 1 aromatic heterocycles. The molecule has 3 heterocycles. The minimum atomic E-state index is 0.187. The van der Waals surface area contributed by atoms with E-state index in [4.69, 9.17) is 0 Å². The lowest BCUT2D eigenvalue weighted by Crippen LogP contribution is -2.44. The molecule has 25 heavy (non-hydrogen) atoms. The van der Waals surface area contributed by atoms with Gasteiger partial charge in [-0.25, -0.2) is 4.98 Å². The molecule has 4 rings (SSSR count). The fourth-order valence-corrected chi connectivity index (χ4v) is 4.83. The number of likely N-dealkylation sites (tertiary alicyclic amines) is 1. The number of fused-ring (bicyclic) bond motifs is 1. The molecule has 6 heteroatoms. The highest BCUT2D eigenvalue weighted by Crippen LogP contribution is 2.37. The van der Waals surface area contributed by atoms with Crippen molar-refractivity contribution in [2.45, 2.75) is 31.4 Å². The second kappa shape index (κ2) is 7.00. The van der Waals surface area contributed by atoms with E-state index in [2.05, 4.69) is 27.1 Å². The van der Waals surface area contributed by atoms with Gasteiger partial charge in [0.2, 0.25) is 5.91 Å². The van der Waals surface area contributed by atoms with Crippen LogP contribution in [0.3, 0.4) is 0 Å². The van der Waals surface area contributed by atoms with Crippen LogP contribution in [0.2, 0.25) is 0 Å². The Hall–Kier alpha value is -1.53. The maximum Gasteiger partial charge on any atom is 0.232 e. The third kappa shape index (κ3) is 3.55. The number of nitrogens with one attached hydrogen (secondary N) is 2. The third-order valence-corrected chi connectivity index (χ3v) is 6.90. The van der Waals surface area contributed by atoms with E-state index in [1.54, 1.807) is 11.8 Å². The Kier molecular flexibility index (Phi) is 4.73. The zero-order chi connectivity index (χ0) is 17.3. The molecular weight excluding hydrogens is 332 g/mol. The summed E-state index contributed by atoms with van der Waals surface area (Å²) in [6, 6.07) is 8.06. The van der Waals surface area contributed by atoms with Crippen LogP contribution in [0.4, 0.5) is 0 Å². The summed E-state index contributed by atoms with van der Waals surface area (Å²) >= 11 is 1.67. The average Bonchev–Trinajstić information content (AvgIpc) is 3.27. The normalized spacial score (nSPS) is 21.1. The Labute approximate surface area is 153 Å². The number of para-hydroxylation sites is 2. The fraction of sp³-hybridized carbons (Fsp3) is 0.579. The highest BCUT2D eigenvalue weighted by Gasteiger charge is 2.37. The highest BCUT2D eigenvalue weighted by atomic mass is 32.2. The van der Waals surface area contributed by atoms with Gasteiger partial charge in [-0.3, -0.25) is 4.79 Å². The summed E-state index contributed by atoms with van der Waals surface area (Å²) in [5.41, 5.74) is 2.51. The standard InChI is InChI=1S/C19H26N4OS/c1-14(18-21-15-4-2-3-5-16(15)22-18)25-12-17(24)23-10-7-19(8-11-23)6-9-20-13-19/h2-5,14,20H,6-13H2,1H3,(H,21,22). The van der Waals surface area contributed by atoms with Gasteiger partial charge in [-0.1, -0.05) is 12.1 Å². The van der Waals surface area contributed by atoms with Crippen LogP contribution in [0.15, 0.2) is 24.3 Å². The summed E-state index contributed by atoms with van der Waals surface area (Å²) in [7, 11) is 0. The predicted molar refractivity (Wildman–Crippen MR) is 103 cm³/mol. The largest absolute Gasteiger partial charge is 0.342 e. The third-order valence-electron chi connectivity index (χ3n) is 5.76. The van der Waals surface area contributed by atoms with Gasteiger partial charge in [0.1, 0.15) is 5.82 Å². The van der Waals surface area contributed by atoms with E-state index >= 15 is 0 Å². The van der Waals surface area contributed by atoms with E-state index < -0.39 is 0 Å². The molecule has 0 saturated carbocycles. The molecule has 2 aliphatic heterocycles. The molecule has 134 valence electrons. The van der Waals surface area contributed by atoms with Gasteiger partial charge in [0.25, 0.3) is 0 Å². The number of H-pyrrole nitrogens is 1. The van der Waals surface area contributed by atoms with Crippen molar-refractivity contribution in [1.82, 2.24) is 20.2 Å². The summed E-state index contributed by atoms with van der Waals surface area (Å²) < 4.78 is 0. The summed E-state index contributed by atoms with van der Waals surface area (Å²) in [5.74, 6) is 1.76. The van der Waals surface area contributed by atoms with Crippen molar-refractivity contribution in [1.29, 1.82) is 0 Å². The number of benzene rings is 1. The lowest BCUT2D eigenvalue weighted by molar-refractivity contribution is -0.130. The average molecular weight is 359 g/mol. The molecule has 2 aromatic rings. The highest BCUT2D eigenvalue weighted by molar-refractivity contribution is 8.00. The van der Waals surface area contributed by atoms with Gasteiger partial charge in [-0.15, -0.1) is 11.8 Å². The molecule has 1 unspecified atom stereocenters. The smallest absolute Gasteiger partial charge is 0.232 e. The van der Waals surface area contributed by atoms with Crippen LogP contribution in [0.1, 0.15) is 37.3 Å². The van der Waals surface area contributed by atoms with Crippen molar-refractivity contribution in [3.63, 3.8) is 0 Å². The number of piperidine rings is 1. The number of nitrogens with zero attached hydrogens (tertiary/aromatic N) is 2. The maximum absolute atomic E-state index is 12.6. The van der Waals surface area contributed by atoms with E-state index in [1.165, 1.54) is 6.42 Å². The van der Waals surface area contributed by atoms with Crippen molar-refractivity contribution >= 4 is 28.7 Å². The van der Waals surface area contributed by atoms with Gasteiger partial charge in [-0.2, -0.15) is 0 Å². The lowest BCUT2D eigenvalue weighted by atomic mass is 9.78. The number of thioether (sulfide) groups is 1. The Morgan fingerprint density at radius 2 is 2.12 bits per heavy atom. The number of imidazole rings is 1. The summed E-state index contributed by atoms with van der Waals surface area (Å²) in [6.45, 7) is 6.22. The minimum absolute atomic E-state index is 0.187. The van der Waals surface area contributed by atoms with Crippen molar-refractivity contribution in [2.24, 2.45) is 5.41 Å². The second-order valence-electron chi connectivity index (χ2n) is 7.40. The lowest BCUT2D eigenvalue weighted by Gasteiger charge is -2.39. The first-order chi connectivity index (χ1) is 12.2. The Morgan fingerprint density at radius 1 is 1.32 bits per heavy atom. The Bertz CT molecular complexity index is 710. The van der Waals surface area contributed by atoms with E-state index in [1.807, 2.05) is 24.3 Å². The van der Waals surface area contributed by atoms with Crippen molar-refractivity contribution < 1.29 is 4.79 Å². The number of aromatic nitrogens is 2. The molecule has 1 aromatic carbocycles. The topological polar surface area (TPSA) is 61.0 Å². The van der Waals surface area contributed by atoms with E-state index in [-0.39, 0.29) is 11.2 Å². The zero-order valence-electron chi connectivity index (χ0n) is 14.8. The first kappa shape index (κ1) is 16.9. The number of aromatic amines is 1. The second-order valence-corrected chi connectivity index (χ2v) is 8.73. The van der Waals surface area contributed by atoms with Crippen molar-refractivity contribution in [2.75, 3.05) is 31.9 Å². The molecule has 1 atom stereocenters. The van der Waals surface area contributed by atoms with Gasteiger partial charge in [0.05, 0.1) is 22.0 Å². The van der Waals surface area contributed by atoms with Crippen LogP contribution in [0.5, 0.6) is 0 Å². The molecule has 2 fully saturated rings. The summed E-state index contributed by atoms with van der Waals surface area (Å²) in [5, 5.41) is 3.66. The van der Waals surface area contributed by atoms with E-state index in [0.717, 1.165) is 55.9 Å². The van der Waals surface area contributed by atoms with Gasteiger partial charge in [0, 0.05) is 19.6 Å². The Morgan fingerprint density at radius 3 is 2.84 bits per heavy atom. The van der Waals surface area contributed by atoms with Gasteiger partial charge in [0.15, 0.2) is 0 Å². The van der Waals surface area contributed by atoms with Crippen LogP contribution in [0.25, 0.3) is 11.0 Å². The molecule has 5 nitrogen and oxygen atoms in total. The van der Waals surface area contributed by atoms with Crippen LogP contribution < -0.4 is 5.32 Å². The molecule has 1 spiro atoms. The van der Waals surface area contributed by atoms with Gasteiger partial charge >= 0.3 is 0 Å². The monoisotopic (exact) mass is 358 g/mol. The van der Waals surface area contributed by atoms with Crippen LogP contribution >= 0.6 is 11.8 Å². The predicted octanol–water partition coefficient (Wildman–Crippen LogP) is 2.96. The first-order valence-corrected chi connectivity index (χ1v) is 10.2. The SMILES string of the molecule is CC(SCC(=O)N1CCC2(CCNC2)CC1)c1nc2ccccc2[nH]1. The zero-order valence-corrected chi connectivity index (χ0v) is 15.6. The Balaban J connectivity index is 1.29. The van der Waals surface area contributed by atoms with Crippen molar-refractivity contribution in [3.05, 3.63) is 30.1 Å². The number of hydrogen-bond acceptors (Lipinski definition) is 4. The number of rotatable bonds is 4. The number of amides is 1. The molecule has 0 bridgehead atoms. The quantitative estimate of drug-likeness (QED) is 0.882. The fourth-order valence-electron chi connectivity index (χ4n) is 3.98. The number of carbonyl (C=O) groups is 1. The molecule has 0 aliphatic carbocycles. The number of carbonyl (C=O) groups excluding carboxylic acids is 1. The summed E-state index contributed by atoms with van der Waals surface area (Å²) in [4.78, 5) is 22.6. The van der Waals surface area contributed by atoms with Gasteiger partial charge < -0.3 is 15.2 Å². The summed E-state index contributed by atoms with van der Waals surface area (Å²) in [6.07, 6.45) is 3.57. The van der Waals surface area contributed by atoms with Crippen LogP contribution in [-0.4, -0.2) is 52.7 Å². The molecule has 2 aliphatic rings. The van der Waals surface area contributed by atoms with Crippen LogP contribution in [0, 0.1) is 5.41 Å². The number of hydrogen-bond donors (Lipinski definition) is 2. The molecule has 2 N–H and O–H groups in total. The molecule has 2 saturated heterocycles. The first-order valence-electron chi connectivity index (χ1n) is 9.20. The van der Waals surface area contributed by atoms with Crippen molar-refractivity contribution in [3.8, 4) is 0 Å². The van der Waals surface area contributed by atoms with E-state index in [0.29, 0.717) is 11.2 Å². The molecule has 0 radical (unpaired) electrons. The van der Waals surface area contributed by atoms with E-state index in [9.17, 15) is 4.79 Å². The molecular formula is C19H26N4OS.